The van der Waals surface area contributed by atoms with Crippen LogP contribution in [0.2, 0.25) is 0 Å². The smallest absolute Gasteiger partial charge is 0.0689 e. The molecule has 0 radical (unpaired) electrons. The first-order valence-corrected chi connectivity index (χ1v) is 4.45. The zero-order valence-electron chi connectivity index (χ0n) is 7.95. The number of likely N-dealkylation sites (tertiary alicyclic amines) is 1. The molecule has 0 spiro atoms. The maximum Gasteiger partial charge on any atom is 0.0689 e. The lowest BCUT2D eigenvalue weighted by molar-refractivity contribution is 0.0964. The van der Waals surface area contributed by atoms with E-state index >= 15 is 0 Å². The highest BCUT2D eigenvalue weighted by Gasteiger charge is 2.25. The van der Waals surface area contributed by atoms with Crippen molar-refractivity contribution in [1.29, 1.82) is 0 Å². The van der Waals surface area contributed by atoms with E-state index in [1.807, 2.05) is 6.92 Å². The van der Waals surface area contributed by atoms with E-state index in [1.54, 1.807) is 7.11 Å². The second kappa shape index (κ2) is 4.80. The fourth-order valence-electron chi connectivity index (χ4n) is 1.54. The first-order valence-electron chi connectivity index (χ1n) is 4.45. The summed E-state index contributed by atoms with van der Waals surface area (Å²) in [5, 5.41) is 0. The second-order valence-corrected chi connectivity index (χ2v) is 3.18. The van der Waals surface area contributed by atoms with Gasteiger partial charge >= 0.3 is 0 Å². The summed E-state index contributed by atoms with van der Waals surface area (Å²) in [5.41, 5.74) is 0. The van der Waals surface area contributed by atoms with Gasteiger partial charge in [0, 0.05) is 19.8 Å². The third-order valence-corrected chi connectivity index (χ3v) is 2.34. The predicted molar refractivity (Wildman–Crippen MR) is 47.8 cm³/mol. The normalized spacial score (nSPS) is 31.2. The Bertz CT molecular complexity index is 130. The summed E-state index contributed by atoms with van der Waals surface area (Å²) < 4.78 is 10.6. The third kappa shape index (κ3) is 2.44. The van der Waals surface area contributed by atoms with Crippen LogP contribution in [-0.4, -0.2) is 43.9 Å². The highest BCUT2D eigenvalue weighted by atomic mass is 16.5. The van der Waals surface area contributed by atoms with Crippen molar-refractivity contribution in [1.82, 2.24) is 4.90 Å². The molecule has 0 aromatic heterocycles. The van der Waals surface area contributed by atoms with Gasteiger partial charge in [-0.2, -0.15) is 0 Å². The summed E-state index contributed by atoms with van der Waals surface area (Å²) >= 11 is 0. The van der Waals surface area contributed by atoms with Crippen LogP contribution in [-0.2, 0) is 9.47 Å². The molecule has 1 rings (SSSR count). The molecule has 1 saturated heterocycles. The van der Waals surface area contributed by atoms with E-state index in [2.05, 4.69) is 11.9 Å². The van der Waals surface area contributed by atoms with E-state index in [1.165, 1.54) is 0 Å². The van der Waals surface area contributed by atoms with Crippen molar-refractivity contribution in [3.8, 4) is 0 Å². The van der Waals surface area contributed by atoms with E-state index < -0.39 is 0 Å². The van der Waals surface area contributed by atoms with Crippen molar-refractivity contribution in [3.63, 3.8) is 0 Å². The van der Waals surface area contributed by atoms with Gasteiger partial charge in [0.2, 0.25) is 0 Å². The van der Waals surface area contributed by atoms with E-state index in [9.17, 15) is 0 Å². The number of rotatable bonds is 4. The molecule has 0 aliphatic carbocycles. The van der Waals surface area contributed by atoms with Crippen LogP contribution in [0.3, 0.4) is 0 Å². The van der Waals surface area contributed by atoms with Gasteiger partial charge in [-0.05, 0) is 19.9 Å². The summed E-state index contributed by atoms with van der Waals surface area (Å²) in [6, 6.07) is 0.440. The average Bonchev–Trinajstić information content (AvgIpc) is 2.43. The molecule has 0 N–H and O–H groups in total. The molecule has 12 heavy (non-hydrogen) atoms. The summed E-state index contributed by atoms with van der Waals surface area (Å²) in [7, 11) is 5.69. The minimum Gasteiger partial charge on any atom is -0.453 e. The Morgan fingerprint density at radius 1 is 1.58 bits per heavy atom. The van der Waals surface area contributed by atoms with Gasteiger partial charge in [-0.15, -0.1) is 0 Å². The molecule has 1 fully saturated rings. The average molecular weight is 172 g/mol. The van der Waals surface area contributed by atoms with Crippen molar-refractivity contribution in [2.45, 2.75) is 25.5 Å². The van der Waals surface area contributed by atoms with Crippen molar-refractivity contribution in [3.05, 3.63) is 7.05 Å². The Hall–Kier alpha value is -0.120. The highest BCUT2D eigenvalue weighted by molar-refractivity contribution is 4.85. The van der Waals surface area contributed by atoms with Crippen molar-refractivity contribution in [2.24, 2.45) is 0 Å². The molecular formula is C9H18NO2-. The van der Waals surface area contributed by atoms with Gasteiger partial charge in [0.1, 0.15) is 0 Å². The van der Waals surface area contributed by atoms with Crippen LogP contribution in [0, 0.1) is 7.05 Å². The van der Waals surface area contributed by atoms with Gasteiger partial charge in [0.25, 0.3) is 0 Å². The van der Waals surface area contributed by atoms with Crippen LogP contribution >= 0.6 is 0 Å². The first-order chi connectivity index (χ1) is 5.77. The molecule has 0 aromatic rings. The summed E-state index contributed by atoms with van der Waals surface area (Å²) in [5.74, 6) is 0. The Morgan fingerprint density at radius 2 is 2.33 bits per heavy atom. The number of ether oxygens (including phenoxy) is 2. The van der Waals surface area contributed by atoms with Crippen LogP contribution < -0.4 is 0 Å². The highest BCUT2D eigenvalue weighted by Crippen LogP contribution is 2.18. The fraction of sp³-hybridized carbons (Fsp3) is 0.889. The zero-order chi connectivity index (χ0) is 8.97. The maximum absolute atomic E-state index is 5.34. The fourth-order valence-corrected chi connectivity index (χ4v) is 1.54. The molecule has 0 saturated carbocycles. The van der Waals surface area contributed by atoms with Crippen LogP contribution in [0.5, 0.6) is 0 Å². The Morgan fingerprint density at radius 3 is 2.83 bits per heavy atom. The van der Waals surface area contributed by atoms with E-state index in [4.69, 9.17) is 9.47 Å². The van der Waals surface area contributed by atoms with Crippen LogP contribution in [0.25, 0.3) is 0 Å². The van der Waals surface area contributed by atoms with Gasteiger partial charge in [-0.1, -0.05) is 0 Å². The minimum absolute atomic E-state index is 0.341. The number of nitrogens with zero attached hydrogens (tertiary/aromatic N) is 1. The van der Waals surface area contributed by atoms with Crippen molar-refractivity contribution >= 4 is 0 Å². The maximum atomic E-state index is 5.34. The zero-order valence-corrected chi connectivity index (χ0v) is 7.95. The molecule has 0 bridgehead atoms. The van der Waals surface area contributed by atoms with Gasteiger partial charge in [0.05, 0.1) is 12.7 Å². The van der Waals surface area contributed by atoms with E-state index in [0.29, 0.717) is 12.1 Å². The lowest BCUT2D eigenvalue weighted by Crippen LogP contribution is -2.27. The molecular weight excluding hydrogens is 154 g/mol. The van der Waals surface area contributed by atoms with Crippen molar-refractivity contribution in [2.75, 3.05) is 26.9 Å². The summed E-state index contributed by atoms with van der Waals surface area (Å²) in [4.78, 5) is 2.06. The van der Waals surface area contributed by atoms with Gasteiger partial charge in [-0.3, -0.25) is 7.05 Å². The summed E-state index contributed by atoms with van der Waals surface area (Å²) in [6.45, 7) is 4.49. The Balaban J connectivity index is 2.25. The molecule has 3 nitrogen and oxygen atoms in total. The van der Waals surface area contributed by atoms with Crippen LogP contribution in [0.1, 0.15) is 13.3 Å². The molecule has 0 unspecified atom stereocenters. The molecule has 0 aromatic carbocycles. The van der Waals surface area contributed by atoms with Crippen LogP contribution in [0.4, 0.5) is 0 Å². The molecule has 3 heteroatoms. The minimum atomic E-state index is 0.341. The molecule has 1 heterocycles. The number of hydrogen-bond acceptors (Lipinski definition) is 3. The molecule has 72 valence electrons. The predicted octanol–water partition coefficient (Wildman–Crippen LogP) is 0.904. The molecule has 2 atom stereocenters. The SMILES string of the molecule is [CH2-]N1C[C@@H](OC)C[C@H]1COCC. The molecule has 1 aliphatic rings. The largest absolute Gasteiger partial charge is 0.453 e. The first kappa shape index (κ1) is 9.96. The third-order valence-electron chi connectivity index (χ3n) is 2.34. The number of hydrogen-bond donors (Lipinski definition) is 0. The molecule has 0 amide bonds. The Labute approximate surface area is 74.6 Å². The lowest BCUT2D eigenvalue weighted by atomic mass is 10.2. The second-order valence-electron chi connectivity index (χ2n) is 3.18. The van der Waals surface area contributed by atoms with Gasteiger partial charge in [0.15, 0.2) is 0 Å². The van der Waals surface area contributed by atoms with Crippen LogP contribution in [0.15, 0.2) is 0 Å². The molecule has 1 aliphatic heterocycles. The number of methoxy groups -OCH3 is 1. The van der Waals surface area contributed by atoms with Crippen molar-refractivity contribution < 1.29 is 9.47 Å². The van der Waals surface area contributed by atoms with Gasteiger partial charge in [-0.25, -0.2) is 0 Å². The lowest BCUT2D eigenvalue weighted by Gasteiger charge is -2.26. The Kier molecular flexibility index (Phi) is 3.98. The monoisotopic (exact) mass is 172 g/mol. The standard InChI is InChI=1S/C9H18NO2/c1-4-12-7-8-5-9(11-3)6-10(8)2/h8-9H,2,4-7H2,1,3H3/q-1/t8-,9-/m0/s1. The topological polar surface area (TPSA) is 21.7 Å². The quantitative estimate of drug-likeness (QED) is 0.588. The van der Waals surface area contributed by atoms with E-state index in [-0.39, 0.29) is 0 Å². The van der Waals surface area contributed by atoms with Gasteiger partial charge < -0.3 is 14.4 Å². The summed E-state index contributed by atoms with van der Waals surface area (Å²) in [6.07, 6.45) is 1.38. The van der Waals surface area contributed by atoms with E-state index in [0.717, 1.165) is 26.2 Å².